The number of methoxy groups -OCH3 is 1. The topological polar surface area (TPSA) is 28.3 Å². The number of halogens is 1. The molecule has 3 aromatic rings. The number of aromatic amines is 1. The fourth-order valence-electron chi connectivity index (χ4n) is 5.41. The van der Waals surface area contributed by atoms with Crippen LogP contribution in [0.25, 0.3) is 10.9 Å². The van der Waals surface area contributed by atoms with E-state index in [1.807, 2.05) is 0 Å². The summed E-state index contributed by atoms with van der Waals surface area (Å²) in [6.45, 7) is 2.29. The van der Waals surface area contributed by atoms with E-state index < -0.39 is 0 Å². The minimum atomic E-state index is 0.182. The van der Waals surface area contributed by atoms with Gasteiger partial charge >= 0.3 is 0 Å². The first-order valence-electron chi connectivity index (χ1n) is 9.72. The Balaban J connectivity index is 1.68. The van der Waals surface area contributed by atoms with Gasteiger partial charge in [0.2, 0.25) is 0 Å². The van der Waals surface area contributed by atoms with Gasteiger partial charge in [0, 0.05) is 33.0 Å². The van der Waals surface area contributed by atoms with E-state index in [0.29, 0.717) is 5.92 Å². The van der Waals surface area contributed by atoms with Gasteiger partial charge in [-0.1, -0.05) is 34.1 Å². The zero-order valence-corrected chi connectivity index (χ0v) is 17.5. The zero-order chi connectivity index (χ0) is 18.6. The van der Waals surface area contributed by atoms with E-state index in [-0.39, 0.29) is 5.41 Å². The molecule has 0 saturated carbocycles. The fraction of sp³-hybridized carbons (Fsp3) is 0.391. The van der Waals surface area contributed by atoms with Gasteiger partial charge < -0.3 is 14.6 Å². The summed E-state index contributed by atoms with van der Waals surface area (Å²) >= 11 is 3.79. The van der Waals surface area contributed by atoms with Crippen LogP contribution in [0.3, 0.4) is 0 Å². The van der Waals surface area contributed by atoms with E-state index in [0.717, 1.165) is 31.7 Å². The molecule has 1 fully saturated rings. The summed E-state index contributed by atoms with van der Waals surface area (Å²) in [5.74, 6) is 1.58. The van der Waals surface area contributed by atoms with Crippen molar-refractivity contribution >= 4 is 26.8 Å². The summed E-state index contributed by atoms with van der Waals surface area (Å²) < 4.78 is 6.76. The summed E-state index contributed by atoms with van der Waals surface area (Å²) in [5.41, 5.74) is 5.80. The monoisotopic (exact) mass is 424 g/mol. The molecule has 3 nitrogen and oxygen atoms in total. The van der Waals surface area contributed by atoms with Crippen LogP contribution in [0.2, 0.25) is 0 Å². The summed E-state index contributed by atoms with van der Waals surface area (Å²) in [6.07, 6.45) is 3.39. The molecule has 140 valence electrons. The molecule has 2 aliphatic rings. The quantitative estimate of drug-likeness (QED) is 0.631. The van der Waals surface area contributed by atoms with Crippen molar-refractivity contribution in [3.05, 3.63) is 63.8 Å². The third-order valence-electron chi connectivity index (χ3n) is 6.81. The number of nitrogens with one attached hydrogen (secondary N) is 1. The number of piperidine rings is 1. The Morgan fingerprint density at radius 1 is 1.22 bits per heavy atom. The Hall–Kier alpha value is -1.78. The molecule has 2 aromatic carbocycles. The van der Waals surface area contributed by atoms with Crippen molar-refractivity contribution in [2.24, 2.45) is 5.92 Å². The molecule has 1 aliphatic heterocycles. The average molecular weight is 425 g/mol. The Morgan fingerprint density at radius 3 is 2.93 bits per heavy atom. The molecule has 4 heteroatoms. The van der Waals surface area contributed by atoms with Gasteiger partial charge in [-0.3, -0.25) is 0 Å². The highest BCUT2D eigenvalue weighted by atomic mass is 79.9. The first-order chi connectivity index (χ1) is 13.1. The molecule has 2 unspecified atom stereocenters. The van der Waals surface area contributed by atoms with Crippen LogP contribution in [0.15, 0.2) is 46.9 Å². The molecule has 1 aromatic heterocycles. The highest BCUT2D eigenvalue weighted by molar-refractivity contribution is 9.10. The molecule has 1 aliphatic carbocycles. The van der Waals surface area contributed by atoms with E-state index in [1.165, 1.54) is 38.6 Å². The maximum atomic E-state index is 5.55. The maximum absolute atomic E-state index is 5.55. The molecule has 1 N–H and O–H groups in total. The van der Waals surface area contributed by atoms with Crippen LogP contribution in [-0.2, 0) is 18.3 Å². The minimum Gasteiger partial charge on any atom is -0.497 e. The number of ether oxygens (including phenoxy) is 1. The average Bonchev–Trinajstić information content (AvgIpc) is 3.04. The Morgan fingerprint density at radius 2 is 2.07 bits per heavy atom. The molecule has 2 heterocycles. The van der Waals surface area contributed by atoms with Gasteiger partial charge in [0.05, 0.1) is 7.11 Å². The molecule has 1 saturated heterocycles. The van der Waals surface area contributed by atoms with E-state index in [4.69, 9.17) is 4.74 Å². The standard InChI is InChI=1S/C23H25BrN2O/c1-26-10-9-23(15-5-3-6-17(11-15)27-2)13-21-18(12-16(23)14-26)22-19(24)7-4-8-20(22)25-21/h3-8,11,16,25H,9-10,12-14H2,1-2H3. The van der Waals surface area contributed by atoms with Crippen LogP contribution in [0, 0.1) is 5.92 Å². The highest BCUT2D eigenvalue weighted by Crippen LogP contribution is 2.50. The number of benzene rings is 2. The molecule has 2 atom stereocenters. The molecular weight excluding hydrogens is 400 g/mol. The predicted molar refractivity (Wildman–Crippen MR) is 114 cm³/mol. The van der Waals surface area contributed by atoms with Crippen molar-refractivity contribution in [2.75, 3.05) is 27.2 Å². The van der Waals surface area contributed by atoms with Crippen LogP contribution in [0.5, 0.6) is 5.75 Å². The summed E-state index contributed by atoms with van der Waals surface area (Å²) in [7, 11) is 4.02. The number of aromatic nitrogens is 1. The largest absolute Gasteiger partial charge is 0.497 e. The summed E-state index contributed by atoms with van der Waals surface area (Å²) in [6, 6.07) is 15.3. The Bertz CT molecular complexity index is 1010. The SMILES string of the molecule is COc1cccc(C23CCN(C)CC2Cc2c([nH]c4cccc(Br)c24)C3)c1. The molecule has 5 rings (SSSR count). The summed E-state index contributed by atoms with van der Waals surface area (Å²) in [5, 5.41) is 1.37. The first kappa shape index (κ1) is 17.3. The van der Waals surface area contributed by atoms with Crippen molar-refractivity contribution in [3.8, 4) is 5.75 Å². The van der Waals surface area contributed by atoms with Gasteiger partial charge in [-0.15, -0.1) is 0 Å². The van der Waals surface area contributed by atoms with Crippen LogP contribution in [0.4, 0.5) is 0 Å². The van der Waals surface area contributed by atoms with Gasteiger partial charge in [-0.25, -0.2) is 0 Å². The van der Waals surface area contributed by atoms with Gasteiger partial charge in [0.15, 0.2) is 0 Å². The lowest BCUT2D eigenvalue weighted by Gasteiger charge is -2.50. The van der Waals surface area contributed by atoms with Crippen molar-refractivity contribution in [2.45, 2.75) is 24.7 Å². The second kappa shape index (κ2) is 6.39. The zero-order valence-electron chi connectivity index (χ0n) is 15.9. The lowest BCUT2D eigenvalue weighted by atomic mass is 9.59. The minimum absolute atomic E-state index is 0.182. The van der Waals surface area contributed by atoms with Gasteiger partial charge in [-0.05, 0) is 74.2 Å². The number of H-pyrrole nitrogens is 1. The van der Waals surface area contributed by atoms with E-state index in [2.05, 4.69) is 75.3 Å². The Kier molecular flexibility index (Phi) is 4.10. The van der Waals surface area contributed by atoms with Gasteiger partial charge in [0.1, 0.15) is 5.75 Å². The molecular formula is C23H25BrN2O. The smallest absolute Gasteiger partial charge is 0.119 e. The molecule has 0 amide bonds. The second-order valence-corrected chi connectivity index (χ2v) is 9.08. The van der Waals surface area contributed by atoms with Crippen molar-refractivity contribution < 1.29 is 4.74 Å². The normalized spacial score (nSPS) is 25.2. The molecule has 0 spiro atoms. The van der Waals surface area contributed by atoms with Crippen LogP contribution in [0.1, 0.15) is 23.2 Å². The first-order valence-corrected chi connectivity index (χ1v) is 10.5. The third kappa shape index (κ3) is 2.65. The number of nitrogens with zero attached hydrogens (tertiary/aromatic N) is 1. The van der Waals surface area contributed by atoms with Crippen molar-refractivity contribution in [3.63, 3.8) is 0 Å². The number of hydrogen-bond acceptors (Lipinski definition) is 2. The molecule has 0 radical (unpaired) electrons. The Labute approximate surface area is 168 Å². The second-order valence-electron chi connectivity index (χ2n) is 8.22. The maximum Gasteiger partial charge on any atom is 0.119 e. The van der Waals surface area contributed by atoms with E-state index in [1.54, 1.807) is 7.11 Å². The van der Waals surface area contributed by atoms with Crippen LogP contribution in [-0.4, -0.2) is 37.1 Å². The lowest BCUT2D eigenvalue weighted by Crippen LogP contribution is -2.52. The van der Waals surface area contributed by atoms with Crippen LogP contribution < -0.4 is 4.74 Å². The third-order valence-corrected chi connectivity index (χ3v) is 7.47. The number of rotatable bonds is 2. The van der Waals surface area contributed by atoms with Crippen molar-refractivity contribution in [1.82, 2.24) is 9.88 Å². The lowest BCUT2D eigenvalue weighted by molar-refractivity contribution is 0.0994. The van der Waals surface area contributed by atoms with E-state index >= 15 is 0 Å². The number of likely N-dealkylation sites (tertiary alicyclic amines) is 1. The van der Waals surface area contributed by atoms with Gasteiger partial charge in [-0.2, -0.15) is 0 Å². The summed E-state index contributed by atoms with van der Waals surface area (Å²) in [4.78, 5) is 6.25. The van der Waals surface area contributed by atoms with Crippen molar-refractivity contribution in [1.29, 1.82) is 0 Å². The number of hydrogen-bond donors (Lipinski definition) is 1. The fourth-order valence-corrected chi connectivity index (χ4v) is 6.01. The highest BCUT2D eigenvalue weighted by Gasteiger charge is 2.47. The number of fused-ring (bicyclic) bond motifs is 4. The molecule has 27 heavy (non-hydrogen) atoms. The van der Waals surface area contributed by atoms with Gasteiger partial charge in [0.25, 0.3) is 0 Å². The van der Waals surface area contributed by atoms with E-state index in [9.17, 15) is 0 Å². The van der Waals surface area contributed by atoms with Crippen LogP contribution >= 0.6 is 15.9 Å². The predicted octanol–water partition coefficient (Wildman–Crippen LogP) is 4.93. The molecule has 0 bridgehead atoms.